The van der Waals surface area contributed by atoms with Crippen LogP contribution < -0.4 is 5.32 Å². The fourth-order valence-corrected chi connectivity index (χ4v) is 3.11. The van der Waals surface area contributed by atoms with Gasteiger partial charge < -0.3 is 5.32 Å². The summed E-state index contributed by atoms with van der Waals surface area (Å²) >= 11 is 5.26. The number of halogens is 2. The van der Waals surface area contributed by atoms with Crippen molar-refractivity contribution in [2.24, 2.45) is 0 Å². The standard InChI is InChI=1S/C14H21BrFNS/c1-14(2,3)18-9-13(17-4)7-10-5-11(15)8-12(16)6-10/h5-6,8,13,17H,7,9H2,1-4H3. The second-order valence-corrected chi connectivity index (χ2v) is 8.15. The molecule has 0 spiro atoms. The van der Waals surface area contributed by atoms with E-state index in [4.69, 9.17) is 0 Å². The van der Waals surface area contributed by atoms with Crippen molar-refractivity contribution in [2.45, 2.75) is 38.0 Å². The molecule has 1 nitrogen and oxygen atoms in total. The van der Waals surface area contributed by atoms with Gasteiger partial charge in [-0.3, -0.25) is 0 Å². The van der Waals surface area contributed by atoms with E-state index in [0.717, 1.165) is 22.2 Å². The van der Waals surface area contributed by atoms with Crippen LogP contribution in [-0.2, 0) is 6.42 Å². The summed E-state index contributed by atoms with van der Waals surface area (Å²) in [6.45, 7) is 6.63. The Hall–Kier alpha value is -0.0600. The molecule has 102 valence electrons. The average molecular weight is 334 g/mol. The zero-order valence-electron chi connectivity index (χ0n) is 11.4. The van der Waals surface area contributed by atoms with Crippen LogP contribution in [0.25, 0.3) is 0 Å². The first-order valence-corrected chi connectivity index (χ1v) is 7.84. The molecule has 0 fully saturated rings. The first kappa shape index (κ1) is 16.0. The maximum absolute atomic E-state index is 13.3. The molecule has 1 aromatic carbocycles. The zero-order valence-corrected chi connectivity index (χ0v) is 13.8. The fourth-order valence-electron chi connectivity index (χ4n) is 1.61. The largest absolute Gasteiger partial charge is 0.316 e. The summed E-state index contributed by atoms with van der Waals surface area (Å²) < 4.78 is 14.4. The van der Waals surface area contributed by atoms with Crippen molar-refractivity contribution >= 4 is 27.7 Å². The number of rotatable bonds is 5. The quantitative estimate of drug-likeness (QED) is 0.864. The highest BCUT2D eigenvalue weighted by Gasteiger charge is 2.15. The Morgan fingerprint density at radius 2 is 2.00 bits per heavy atom. The van der Waals surface area contributed by atoms with Gasteiger partial charge in [-0.15, -0.1) is 0 Å². The summed E-state index contributed by atoms with van der Waals surface area (Å²) in [7, 11) is 1.96. The maximum Gasteiger partial charge on any atom is 0.124 e. The lowest BCUT2D eigenvalue weighted by Gasteiger charge is -2.23. The van der Waals surface area contributed by atoms with E-state index in [9.17, 15) is 4.39 Å². The predicted octanol–water partition coefficient (Wildman–Crippen LogP) is 4.25. The molecule has 1 atom stereocenters. The van der Waals surface area contributed by atoms with Crippen molar-refractivity contribution in [3.63, 3.8) is 0 Å². The van der Waals surface area contributed by atoms with Crippen LogP contribution in [0.4, 0.5) is 4.39 Å². The van der Waals surface area contributed by atoms with E-state index < -0.39 is 0 Å². The third-order valence-corrected chi connectivity index (χ3v) is 4.42. The van der Waals surface area contributed by atoms with Crippen LogP contribution in [0.5, 0.6) is 0 Å². The second-order valence-electron chi connectivity index (χ2n) is 5.39. The van der Waals surface area contributed by atoms with Crippen molar-refractivity contribution in [3.8, 4) is 0 Å². The third kappa shape index (κ3) is 6.21. The van der Waals surface area contributed by atoms with E-state index in [1.165, 1.54) is 6.07 Å². The fraction of sp³-hybridized carbons (Fsp3) is 0.571. The highest BCUT2D eigenvalue weighted by molar-refractivity contribution is 9.10. The molecule has 4 heteroatoms. The number of benzene rings is 1. The van der Waals surface area contributed by atoms with Crippen LogP contribution in [0.2, 0.25) is 0 Å². The molecule has 0 radical (unpaired) electrons. The summed E-state index contributed by atoms with van der Waals surface area (Å²) in [4.78, 5) is 0. The molecule has 0 aromatic heterocycles. The number of likely N-dealkylation sites (N-methyl/N-ethyl adjacent to an activating group) is 1. The van der Waals surface area contributed by atoms with Gasteiger partial charge in [0, 0.05) is 21.0 Å². The molecule has 0 aliphatic carbocycles. The molecule has 0 saturated heterocycles. The van der Waals surface area contributed by atoms with E-state index in [0.29, 0.717) is 6.04 Å². The Morgan fingerprint density at radius 1 is 1.33 bits per heavy atom. The molecule has 0 aliphatic rings. The molecule has 1 rings (SSSR count). The van der Waals surface area contributed by atoms with E-state index in [-0.39, 0.29) is 10.6 Å². The molecule has 0 heterocycles. The molecule has 1 aromatic rings. The highest BCUT2D eigenvalue weighted by atomic mass is 79.9. The predicted molar refractivity (Wildman–Crippen MR) is 82.9 cm³/mol. The van der Waals surface area contributed by atoms with Crippen molar-refractivity contribution in [1.29, 1.82) is 0 Å². The normalized spacial score (nSPS) is 13.7. The molecule has 0 aliphatic heterocycles. The minimum Gasteiger partial charge on any atom is -0.316 e. The van der Waals surface area contributed by atoms with Gasteiger partial charge in [0.2, 0.25) is 0 Å². The van der Waals surface area contributed by atoms with Gasteiger partial charge in [0.15, 0.2) is 0 Å². The monoisotopic (exact) mass is 333 g/mol. The van der Waals surface area contributed by atoms with Gasteiger partial charge in [-0.25, -0.2) is 4.39 Å². The van der Waals surface area contributed by atoms with Crippen molar-refractivity contribution in [1.82, 2.24) is 5.32 Å². The highest BCUT2D eigenvalue weighted by Crippen LogP contribution is 2.25. The first-order valence-electron chi connectivity index (χ1n) is 6.06. The maximum atomic E-state index is 13.3. The summed E-state index contributed by atoms with van der Waals surface area (Å²) in [5, 5.41) is 3.30. The molecule has 0 bridgehead atoms. The van der Waals surface area contributed by atoms with Crippen LogP contribution in [0.15, 0.2) is 22.7 Å². The molecule has 0 saturated carbocycles. The number of hydrogen-bond acceptors (Lipinski definition) is 2. The van der Waals surface area contributed by atoms with Gasteiger partial charge in [-0.05, 0) is 37.2 Å². The van der Waals surface area contributed by atoms with E-state index in [1.54, 1.807) is 6.07 Å². The van der Waals surface area contributed by atoms with E-state index >= 15 is 0 Å². The van der Waals surface area contributed by atoms with Crippen molar-refractivity contribution < 1.29 is 4.39 Å². The lowest BCUT2D eigenvalue weighted by atomic mass is 10.1. The minimum atomic E-state index is -0.183. The van der Waals surface area contributed by atoms with Crippen LogP contribution in [0.3, 0.4) is 0 Å². The molecule has 18 heavy (non-hydrogen) atoms. The van der Waals surface area contributed by atoms with E-state index in [2.05, 4.69) is 42.0 Å². The van der Waals surface area contributed by atoms with Gasteiger partial charge in [-0.2, -0.15) is 11.8 Å². The Kier molecular flexibility index (Phi) is 6.15. The molecular weight excluding hydrogens is 313 g/mol. The minimum absolute atomic E-state index is 0.183. The summed E-state index contributed by atoms with van der Waals surface area (Å²) in [5.74, 6) is 0.839. The Bertz CT molecular complexity index is 370. The van der Waals surface area contributed by atoms with Crippen LogP contribution >= 0.6 is 27.7 Å². The molecule has 1 N–H and O–H groups in total. The summed E-state index contributed by atoms with van der Waals surface area (Å²) in [6.07, 6.45) is 0.843. The topological polar surface area (TPSA) is 12.0 Å². The summed E-state index contributed by atoms with van der Waals surface area (Å²) in [6, 6.07) is 5.44. The van der Waals surface area contributed by atoms with Crippen LogP contribution in [0.1, 0.15) is 26.3 Å². The van der Waals surface area contributed by atoms with E-state index in [1.807, 2.05) is 24.9 Å². The van der Waals surface area contributed by atoms with Crippen LogP contribution in [0, 0.1) is 5.82 Å². The smallest absolute Gasteiger partial charge is 0.124 e. The first-order chi connectivity index (χ1) is 8.30. The lowest BCUT2D eigenvalue weighted by Crippen LogP contribution is -2.31. The number of hydrogen-bond donors (Lipinski definition) is 1. The molecular formula is C14H21BrFNS. The zero-order chi connectivity index (χ0) is 13.8. The Morgan fingerprint density at radius 3 is 2.50 bits per heavy atom. The molecule has 1 unspecified atom stereocenters. The van der Waals surface area contributed by atoms with Crippen molar-refractivity contribution in [2.75, 3.05) is 12.8 Å². The number of nitrogens with one attached hydrogen (secondary N) is 1. The SMILES string of the molecule is CNC(CSC(C)(C)C)Cc1cc(F)cc(Br)c1. The van der Waals surface area contributed by atoms with Crippen LogP contribution in [-0.4, -0.2) is 23.6 Å². The number of thioether (sulfide) groups is 1. The van der Waals surface area contributed by atoms with Gasteiger partial charge in [0.05, 0.1) is 0 Å². The van der Waals surface area contributed by atoms with Gasteiger partial charge in [0.1, 0.15) is 5.82 Å². The Labute approximate surface area is 122 Å². The van der Waals surface area contributed by atoms with Gasteiger partial charge in [0.25, 0.3) is 0 Å². The van der Waals surface area contributed by atoms with Crippen molar-refractivity contribution in [3.05, 3.63) is 34.1 Å². The van der Waals surface area contributed by atoms with Gasteiger partial charge >= 0.3 is 0 Å². The summed E-state index contributed by atoms with van der Waals surface area (Å²) in [5.41, 5.74) is 1.02. The average Bonchev–Trinajstić information content (AvgIpc) is 2.21. The Balaban J connectivity index is 2.62. The van der Waals surface area contributed by atoms with Gasteiger partial charge in [-0.1, -0.05) is 36.7 Å². The third-order valence-electron chi connectivity index (χ3n) is 2.53. The molecule has 0 amide bonds. The lowest BCUT2D eigenvalue weighted by molar-refractivity contribution is 0.600. The second kappa shape index (κ2) is 6.92.